The molecule has 0 saturated heterocycles. The summed E-state index contributed by atoms with van der Waals surface area (Å²) in [5.41, 5.74) is 0.988. The van der Waals surface area contributed by atoms with E-state index in [9.17, 15) is 4.79 Å². The average Bonchev–Trinajstić information content (AvgIpc) is 2.35. The van der Waals surface area contributed by atoms with Gasteiger partial charge in [-0.25, -0.2) is 0 Å². The summed E-state index contributed by atoms with van der Waals surface area (Å²) in [6.45, 7) is 0. The molecule has 1 aromatic carbocycles. The molecule has 17 heavy (non-hydrogen) atoms. The van der Waals surface area contributed by atoms with Crippen LogP contribution in [0.15, 0.2) is 23.1 Å². The van der Waals surface area contributed by atoms with Crippen molar-refractivity contribution in [1.29, 1.82) is 0 Å². The number of benzene rings is 1. The summed E-state index contributed by atoms with van der Waals surface area (Å²) in [5.74, 6) is 0.964. The maximum atomic E-state index is 10.6. The zero-order chi connectivity index (χ0) is 12.3. The Balaban J connectivity index is 2.09. The molecule has 0 fully saturated rings. The lowest BCUT2D eigenvalue weighted by Gasteiger charge is -2.27. The predicted octanol–water partition coefficient (Wildman–Crippen LogP) is 2.45. The summed E-state index contributed by atoms with van der Waals surface area (Å²) < 4.78 is 5.29. The molecular weight excluding hydrogens is 238 g/mol. The molecule has 1 heterocycles. The van der Waals surface area contributed by atoms with Crippen LogP contribution in [0.2, 0.25) is 0 Å². The third kappa shape index (κ3) is 2.85. The zero-order valence-corrected chi connectivity index (χ0v) is 10.4. The Morgan fingerprint density at radius 1 is 1.65 bits per heavy atom. The van der Waals surface area contributed by atoms with E-state index in [1.165, 1.54) is 0 Å². The van der Waals surface area contributed by atoms with E-state index in [1.807, 2.05) is 18.2 Å². The van der Waals surface area contributed by atoms with Gasteiger partial charge in [0.1, 0.15) is 5.75 Å². The van der Waals surface area contributed by atoms with Gasteiger partial charge in [0.25, 0.3) is 0 Å². The second kappa shape index (κ2) is 5.31. The van der Waals surface area contributed by atoms with Gasteiger partial charge in [0.2, 0.25) is 0 Å². The van der Waals surface area contributed by atoms with Gasteiger partial charge in [-0.3, -0.25) is 4.79 Å². The number of ether oxygens (including phenoxy) is 1. The van der Waals surface area contributed by atoms with Crippen LogP contribution in [0.4, 0.5) is 5.69 Å². The fourth-order valence-corrected chi connectivity index (χ4v) is 2.94. The normalized spacial score (nSPS) is 18.1. The Morgan fingerprint density at radius 2 is 2.47 bits per heavy atom. The first kappa shape index (κ1) is 12.1. The number of nitrogens with one attached hydrogen (secondary N) is 1. The summed E-state index contributed by atoms with van der Waals surface area (Å²) >= 11 is 1.74. The number of hydrogen-bond acceptors (Lipinski definition) is 4. The summed E-state index contributed by atoms with van der Waals surface area (Å²) in [6, 6.07) is 6.11. The van der Waals surface area contributed by atoms with E-state index >= 15 is 0 Å². The fourth-order valence-electron chi connectivity index (χ4n) is 1.83. The van der Waals surface area contributed by atoms with E-state index in [-0.39, 0.29) is 12.5 Å². The molecule has 0 aliphatic carbocycles. The molecule has 2 rings (SSSR count). The minimum absolute atomic E-state index is 0.194. The standard InChI is InChI=1S/C12H15NO3S/c1-16-9-3-2-4-10-12(9)13-8(7-17-10)5-6-11(14)15/h2-4,8,13H,5-7H2,1H3,(H,14,15). The minimum Gasteiger partial charge on any atom is -0.495 e. The predicted molar refractivity (Wildman–Crippen MR) is 68.0 cm³/mol. The van der Waals surface area contributed by atoms with Crippen molar-refractivity contribution in [1.82, 2.24) is 0 Å². The van der Waals surface area contributed by atoms with Crippen LogP contribution in [0, 0.1) is 0 Å². The number of fused-ring (bicyclic) bond motifs is 1. The number of carbonyl (C=O) groups is 1. The van der Waals surface area contributed by atoms with Gasteiger partial charge in [-0.15, -0.1) is 11.8 Å². The first-order chi connectivity index (χ1) is 8.20. The molecule has 1 aromatic rings. The molecule has 2 N–H and O–H groups in total. The van der Waals surface area contributed by atoms with Crippen molar-refractivity contribution in [2.75, 3.05) is 18.2 Å². The monoisotopic (exact) mass is 253 g/mol. The maximum Gasteiger partial charge on any atom is 0.303 e. The fraction of sp³-hybridized carbons (Fsp3) is 0.417. The van der Waals surface area contributed by atoms with Crippen molar-refractivity contribution in [2.24, 2.45) is 0 Å². The molecule has 0 aromatic heterocycles. The highest BCUT2D eigenvalue weighted by molar-refractivity contribution is 7.99. The number of thioether (sulfide) groups is 1. The van der Waals surface area contributed by atoms with Gasteiger partial charge in [-0.05, 0) is 18.6 Å². The summed E-state index contributed by atoms with van der Waals surface area (Å²) in [7, 11) is 1.64. The van der Waals surface area contributed by atoms with Crippen LogP contribution >= 0.6 is 11.8 Å². The van der Waals surface area contributed by atoms with Gasteiger partial charge in [-0.1, -0.05) is 6.07 Å². The summed E-state index contributed by atoms with van der Waals surface area (Å²) in [4.78, 5) is 11.7. The molecule has 1 unspecified atom stereocenters. The van der Waals surface area contributed by atoms with E-state index in [2.05, 4.69) is 5.32 Å². The van der Waals surface area contributed by atoms with Crippen LogP contribution in [0.1, 0.15) is 12.8 Å². The average molecular weight is 253 g/mol. The van der Waals surface area contributed by atoms with Crippen molar-refractivity contribution >= 4 is 23.4 Å². The molecule has 1 aliphatic heterocycles. The number of para-hydroxylation sites is 1. The molecule has 1 aliphatic rings. The molecular formula is C12H15NO3S. The molecule has 1 atom stereocenters. The van der Waals surface area contributed by atoms with E-state index in [4.69, 9.17) is 9.84 Å². The molecule has 0 radical (unpaired) electrons. The molecule has 4 nitrogen and oxygen atoms in total. The lowest BCUT2D eigenvalue weighted by Crippen LogP contribution is -2.27. The second-order valence-electron chi connectivity index (χ2n) is 3.92. The summed E-state index contributed by atoms with van der Waals surface area (Å²) in [6.07, 6.45) is 0.836. The Hall–Kier alpha value is -1.36. The van der Waals surface area contributed by atoms with Crippen molar-refractivity contribution in [3.63, 3.8) is 0 Å². The van der Waals surface area contributed by atoms with Crippen LogP contribution in [0.5, 0.6) is 5.75 Å². The highest BCUT2D eigenvalue weighted by atomic mass is 32.2. The number of rotatable bonds is 4. The van der Waals surface area contributed by atoms with Gasteiger partial charge >= 0.3 is 5.97 Å². The number of anilines is 1. The third-order valence-corrected chi connectivity index (χ3v) is 3.92. The Labute approximate surface area is 104 Å². The number of hydrogen-bond donors (Lipinski definition) is 2. The van der Waals surface area contributed by atoms with Gasteiger partial charge < -0.3 is 15.2 Å². The molecule has 0 spiro atoms. The number of carboxylic acids is 1. The zero-order valence-electron chi connectivity index (χ0n) is 9.60. The second-order valence-corrected chi connectivity index (χ2v) is 4.98. The lowest BCUT2D eigenvalue weighted by molar-refractivity contribution is -0.137. The lowest BCUT2D eigenvalue weighted by atomic mass is 10.1. The van der Waals surface area contributed by atoms with Gasteiger partial charge in [0.05, 0.1) is 12.8 Å². The van der Waals surface area contributed by atoms with E-state index in [0.717, 1.165) is 22.1 Å². The van der Waals surface area contributed by atoms with Crippen LogP contribution in [-0.2, 0) is 4.79 Å². The summed E-state index contributed by atoms with van der Waals surface area (Å²) in [5, 5.41) is 12.0. The van der Waals surface area contributed by atoms with E-state index in [0.29, 0.717) is 6.42 Å². The molecule has 0 bridgehead atoms. The third-order valence-electron chi connectivity index (χ3n) is 2.70. The van der Waals surface area contributed by atoms with Crippen LogP contribution < -0.4 is 10.1 Å². The topological polar surface area (TPSA) is 58.6 Å². The quantitative estimate of drug-likeness (QED) is 0.863. The molecule has 92 valence electrons. The maximum absolute atomic E-state index is 10.6. The van der Waals surface area contributed by atoms with Gasteiger partial charge in [0, 0.05) is 23.1 Å². The van der Waals surface area contributed by atoms with Gasteiger partial charge in [-0.2, -0.15) is 0 Å². The number of carboxylic acid groups (broad SMARTS) is 1. The van der Waals surface area contributed by atoms with Crippen LogP contribution in [0.3, 0.4) is 0 Å². The SMILES string of the molecule is COc1cccc2c1NC(CCC(=O)O)CS2. The molecule has 0 saturated carbocycles. The Bertz CT molecular complexity index is 408. The first-order valence-corrected chi connectivity index (χ1v) is 6.47. The molecule has 5 heteroatoms. The Kier molecular flexibility index (Phi) is 3.78. The highest BCUT2D eigenvalue weighted by Gasteiger charge is 2.21. The number of methoxy groups -OCH3 is 1. The van der Waals surface area contributed by atoms with E-state index < -0.39 is 5.97 Å². The van der Waals surface area contributed by atoms with Crippen LogP contribution in [-0.4, -0.2) is 30.0 Å². The number of aliphatic carboxylic acids is 1. The van der Waals surface area contributed by atoms with Crippen molar-refractivity contribution in [2.45, 2.75) is 23.8 Å². The largest absolute Gasteiger partial charge is 0.495 e. The smallest absolute Gasteiger partial charge is 0.303 e. The minimum atomic E-state index is -0.748. The Morgan fingerprint density at radius 3 is 3.18 bits per heavy atom. The first-order valence-electron chi connectivity index (χ1n) is 5.49. The van der Waals surface area contributed by atoms with Crippen molar-refractivity contribution < 1.29 is 14.6 Å². The van der Waals surface area contributed by atoms with Crippen molar-refractivity contribution in [3.8, 4) is 5.75 Å². The highest BCUT2D eigenvalue weighted by Crippen LogP contribution is 2.40. The van der Waals surface area contributed by atoms with Gasteiger partial charge in [0.15, 0.2) is 0 Å². The van der Waals surface area contributed by atoms with E-state index in [1.54, 1.807) is 18.9 Å². The molecule has 0 amide bonds. The van der Waals surface area contributed by atoms with Crippen LogP contribution in [0.25, 0.3) is 0 Å². The van der Waals surface area contributed by atoms with Crippen molar-refractivity contribution in [3.05, 3.63) is 18.2 Å².